The van der Waals surface area contributed by atoms with Gasteiger partial charge in [-0.15, -0.1) is 0 Å². The molecule has 7 nitrogen and oxygen atoms in total. The number of rotatable bonds is 9. The van der Waals surface area contributed by atoms with Crippen LogP contribution in [0, 0.1) is 6.92 Å². The summed E-state index contributed by atoms with van der Waals surface area (Å²) in [5.41, 5.74) is 1.91. The molecule has 0 radical (unpaired) electrons. The summed E-state index contributed by atoms with van der Waals surface area (Å²) in [6.45, 7) is 3.94. The molecule has 0 atom stereocenters. The fourth-order valence-corrected chi connectivity index (χ4v) is 4.44. The fourth-order valence-electron chi connectivity index (χ4n) is 2.88. The maximum absolute atomic E-state index is 13.0. The maximum atomic E-state index is 13.0. The number of nitrogens with one attached hydrogen (secondary N) is 1. The number of sulfonamides is 1. The summed E-state index contributed by atoms with van der Waals surface area (Å²) in [6, 6.07) is 9.19. The van der Waals surface area contributed by atoms with Crippen molar-refractivity contribution < 1.29 is 27.5 Å². The summed E-state index contributed by atoms with van der Waals surface area (Å²) in [5.74, 6) is -1.08. The van der Waals surface area contributed by atoms with E-state index in [1.54, 1.807) is 19.1 Å². The Morgan fingerprint density at radius 1 is 1.13 bits per heavy atom. The number of carbonyl (C=O) groups excluding carboxylic acids is 2. The number of ether oxygens (including phenoxy) is 2. The van der Waals surface area contributed by atoms with Crippen LogP contribution in [0.15, 0.2) is 41.3 Å². The quantitative estimate of drug-likeness (QED) is 0.573. The van der Waals surface area contributed by atoms with E-state index in [2.05, 4.69) is 9.46 Å². The number of aryl methyl sites for hydroxylation is 2. The molecule has 0 bridgehead atoms. The minimum Gasteiger partial charge on any atom is -0.466 e. The molecule has 162 valence electrons. The second-order valence-electron chi connectivity index (χ2n) is 6.56. The summed E-state index contributed by atoms with van der Waals surface area (Å²) in [7, 11) is -2.96. The molecule has 0 spiro atoms. The van der Waals surface area contributed by atoms with Crippen LogP contribution in [-0.4, -0.2) is 34.1 Å². The molecule has 0 aliphatic heterocycles. The van der Waals surface area contributed by atoms with E-state index in [0.717, 1.165) is 11.1 Å². The first-order valence-electron chi connectivity index (χ1n) is 9.33. The zero-order valence-electron chi connectivity index (χ0n) is 17.0. The molecule has 0 aliphatic rings. The van der Waals surface area contributed by atoms with Crippen molar-refractivity contribution in [3.05, 3.63) is 58.1 Å². The zero-order valence-corrected chi connectivity index (χ0v) is 18.6. The van der Waals surface area contributed by atoms with Crippen LogP contribution >= 0.6 is 11.6 Å². The standard InChI is InChI=1S/C21H24ClNO6S/c1-4-29-20(24)7-5-6-15-12-14(2)8-11-18(15)23-30(26,27)19-13-16(22)9-10-17(19)21(25)28-3/h8-13,23H,4-7H2,1-3H3. The van der Waals surface area contributed by atoms with Crippen molar-refractivity contribution in [3.8, 4) is 0 Å². The molecule has 0 unspecified atom stereocenters. The lowest BCUT2D eigenvalue weighted by Crippen LogP contribution is -2.18. The molecule has 0 fully saturated rings. The molecule has 2 aromatic rings. The van der Waals surface area contributed by atoms with Crippen molar-refractivity contribution in [2.24, 2.45) is 0 Å². The molecule has 0 aliphatic carbocycles. The molecular formula is C21H24ClNO6S. The highest BCUT2D eigenvalue weighted by Gasteiger charge is 2.24. The van der Waals surface area contributed by atoms with Crippen LogP contribution in [0.1, 0.15) is 41.3 Å². The Bertz CT molecular complexity index is 1040. The van der Waals surface area contributed by atoms with Crippen LogP contribution < -0.4 is 4.72 Å². The number of esters is 2. The zero-order chi connectivity index (χ0) is 22.3. The number of methoxy groups -OCH3 is 1. The van der Waals surface area contributed by atoms with Gasteiger partial charge in [-0.05, 0) is 56.5 Å². The third kappa shape index (κ3) is 6.21. The molecule has 2 aromatic carbocycles. The Morgan fingerprint density at radius 3 is 2.53 bits per heavy atom. The predicted molar refractivity (Wildman–Crippen MR) is 114 cm³/mol. The molecule has 0 saturated heterocycles. The highest BCUT2D eigenvalue weighted by molar-refractivity contribution is 7.92. The monoisotopic (exact) mass is 453 g/mol. The van der Waals surface area contributed by atoms with E-state index in [4.69, 9.17) is 16.3 Å². The van der Waals surface area contributed by atoms with E-state index in [9.17, 15) is 18.0 Å². The molecule has 30 heavy (non-hydrogen) atoms. The summed E-state index contributed by atoms with van der Waals surface area (Å²) in [4.78, 5) is 23.3. The number of carbonyl (C=O) groups is 2. The van der Waals surface area contributed by atoms with Crippen LogP contribution in [0.4, 0.5) is 5.69 Å². The first-order chi connectivity index (χ1) is 14.2. The van der Waals surface area contributed by atoms with Crippen molar-refractivity contribution >= 4 is 39.3 Å². The van der Waals surface area contributed by atoms with E-state index in [0.29, 0.717) is 25.1 Å². The fraction of sp³-hybridized carbons (Fsp3) is 0.333. The first kappa shape index (κ1) is 23.7. The van der Waals surface area contributed by atoms with Gasteiger partial charge < -0.3 is 9.47 Å². The maximum Gasteiger partial charge on any atom is 0.339 e. The molecule has 0 amide bonds. The van der Waals surface area contributed by atoms with E-state index in [1.807, 2.05) is 13.0 Å². The van der Waals surface area contributed by atoms with Crippen molar-refractivity contribution in [2.45, 2.75) is 38.0 Å². The highest BCUT2D eigenvalue weighted by Crippen LogP contribution is 2.27. The third-order valence-corrected chi connectivity index (χ3v) is 5.92. The SMILES string of the molecule is CCOC(=O)CCCc1cc(C)ccc1NS(=O)(=O)c1cc(Cl)ccc1C(=O)OC. The number of hydrogen-bond donors (Lipinski definition) is 1. The molecule has 2 rings (SSSR count). The molecule has 0 heterocycles. The average molecular weight is 454 g/mol. The third-order valence-electron chi connectivity index (χ3n) is 4.28. The number of anilines is 1. The normalized spacial score (nSPS) is 11.1. The van der Waals surface area contributed by atoms with Crippen molar-refractivity contribution in [1.82, 2.24) is 0 Å². The number of hydrogen-bond acceptors (Lipinski definition) is 6. The van der Waals surface area contributed by atoms with E-state index in [1.165, 1.54) is 25.3 Å². The summed E-state index contributed by atoms with van der Waals surface area (Å²) >= 11 is 5.96. The van der Waals surface area contributed by atoms with Crippen LogP contribution in [-0.2, 0) is 30.7 Å². The Morgan fingerprint density at radius 2 is 1.87 bits per heavy atom. The lowest BCUT2D eigenvalue weighted by Gasteiger charge is -2.15. The van der Waals surface area contributed by atoms with Gasteiger partial charge >= 0.3 is 11.9 Å². The predicted octanol–water partition coefficient (Wildman–Crippen LogP) is 4.12. The van der Waals surface area contributed by atoms with Gasteiger partial charge in [0.2, 0.25) is 0 Å². The van der Waals surface area contributed by atoms with Gasteiger partial charge in [0.05, 0.1) is 25.0 Å². The molecular weight excluding hydrogens is 430 g/mol. The van der Waals surface area contributed by atoms with Gasteiger partial charge in [-0.2, -0.15) is 0 Å². The second kappa shape index (κ2) is 10.4. The van der Waals surface area contributed by atoms with E-state index < -0.39 is 16.0 Å². The van der Waals surface area contributed by atoms with E-state index >= 15 is 0 Å². The average Bonchev–Trinajstić information content (AvgIpc) is 2.69. The largest absolute Gasteiger partial charge is 0.466 e. The lowest BCUT2D eigenvalue weighted by atomic mass is 10.0. The minimum atomic E-state index is -4.13. The lowest BCUT2D eigenvalue weighted by molar-refractivity contribution is -0.143. The van der Waals surface area contributed by atoms with Gasteiger partial charge in [0, 0.05) is 11.4 Å². The van der Waals surface area contributed by atoms with Crippen molar-refractivity contribution in [1.29, 1.82) is 0 Å². The van der Waals surface area contributed by atoms with Gasteiger partial charge in [-0.3, -0.25) is 9.52 Å². The van der Waals surface area contributed by atoms with Gasteiger partial charge in [0.1, 0.15) is 4.90 Å². The van der Waals surface area contributed by atoms with Crippen LogP contribution in [0.2, 0.25) is 5.02 Å². The highest BCUT2D eigenvalue weighted by atomic mass is 35.5. The molecule has 1 N–H and O–H groups in total. The van der Waals surface area contributed by atoms with Gasteiger partial charge in [0.25, 0.3) is 10.0 Å². The Balaban J connectivity index is 2.32. The summed E-state index contributed by atoms with van der Waals surface area (Å²) < 4.78 is 38.2. The van der Waals surface area contributed by atoms with Crippen LogP contribution in [0.3, 0.4) is 0 Å². The number of benzene rings is 2. The Kier molecular flexibility index (Phi) is 8.25. The summed E-state index contributed by atoms with van der Waals surface area (Å²) in [6.07, 6.45) is 1.20. The number of halogens is 1. The van der Waals surface area contributed by atoms with Gasteiger partial charge in [-0.25, -0.2) is 13.2 Å². The topological polar surface area (TPSA) is 98.8 Å². The van der Waals surface area contributed by atoms with Gasteiger partial charge in [0.15, 0.2) is 0 Å². The minimum absolute atomic E-state index is 0.120. The van der Waals surface area contributed by atoms with Crippen molar-refractivity contribution in [2.75, 3.05) is 18.4 Å². The Labute approximate surface area is 181 Å². The van der Waals surface area contributed by atoms with Crippen LogP contribution in [0.5, 0.6) is 0 Å². The molecule has 9 heteroatoms. The molecule has 0 aromatic heterocycles. The summed E-state index contributed by atoms with van der Waals surface area (Å²) in [5, 5.41) is 0.168. The van der Waals surface area contributed by atoms with E-state index in [-0.39, 0.29) is 27.9 Å². The van der Waals surface area contributed by atoms with Gasteiger partial charge in [-0.1, -0.05) is 29.3 Å². The first-order valence-corrected chi connectivity index (χ1v) is 11.2. The van der Waals surface area contributed by atoms with Crippen molar-refractivity contribution in [3.63, 3.8) is 0 Å². The smallest absolute Gasteiger partial charge is 0.339 e. The Hall–Kier alpha value is -2.58. The molecule has 0 saturated carbocycles. The van der Waals surface area contributed by atoms with Crippen LogP contribution in [0.25, 0.3) is 0 Å². The second-order valence-corrected chi connectivity index (χ2v) is 8.64.